The zero-order chi connectivity index (χ0) is 14.5. The predicted octanol–water partition coefficient (Wildman–Crippen LogP) is 2.22. The SMILES string of the molecule is COc1ccccc1OCCn1ccc(CNC2CC2)n1. The maximum Gasteiger partial charge on any atom is 0.161 e. The molecule has 0 atom stereocenters. The second kappa shape index (κ2) is 6.63. The Morgan fingerprint density at radius 3 is 2.81 bits per heavy atom. The highest BCUT2D eigenvalue weighted by Crippen LogP contribution is 2.25. The third-order valence-electron chi connectivity index (χ3n) is 3.49. The molecule has 0 unspecified atom stereocenters. The third-order valence-corrected chi connectivity index (χ3v) is 3.49. The van der Waals surface area contributed by atoms with Crippen LogP contribution in [0.25, 0.3) is 0 Å². The molecule has 1 aliphatic carbocycles. The number of methoxy groups -OCH3 is 1. The summed E-state index contributed by atoms with van der Waals surface area (Å²) in [5.74, 6) is 1.52. The summed E-state index contributed by atoms with van der Waals surface area (Å²) in [5, 5.41) is 7.99. The molecule has 0 radical (unpaired) electrons. The van der Waals surface area contributed by atoms with Crippen LogP contribution in [0.1, 0.15) is 18.5 Å². The van der Waals surface area contributed by atoms with Gasteiger partial charge in [0.15, 0.2) is 11.5 Å². The van der Waals surface area contributed by atoms with Gasteiger partial charge in [0.1, 0.15) is 6.61 Å². The molecule has 5 heteroatoms. The van der Waals surface area contributed by atoms with Crippen molar-refractivity contribution in [2.75, 3.05) is 13.7 Å². The molecule has 3 rings (SSSR count). The fourth-order valence-corrected chi connectivity index (χ4v) is 2.15. The number of nitrogens with zero attached hydrogens (tertiary/aromatic N) is 2. The van der Waals surface area contributed by atoms with Gasteiger partial charge in [-0.05, 0) is 31.0 Å². The van der Waals surface area contributed by atoms with Gasteiger partial charge in [-0.2, -0.15) is 5.10 Å². The number of hydrogen-bond donors (Lipinski definition) is 1. The normalized spacial score (nSPS) is 14.1. The first-order chi connectivity index (χ1) is 10.3. The molecule has 1 N–H and O–H groups in total. The van der Waals surface area contributed by atoms with Crippen LogP contribution in [0.5, 0.6) is 11.5 Å². The van der Waals surface area contributed by atoms with Crippen LogP contribution in [0.3, 0.4) is 0 Å². The number of ether oxygens (including phenoxy) is 2. The molecule has 0 bridgehead atoms. The lowest BCUT2D eigenvalue weighted by Gasteiger charge is -2.10. The topological polar surface area (TPSA) is 48.3 Å². The molecule has 1 heterocycles. The standard InChI is InChI=1S/C16H21N3O2/c1-20-15-4-2-3-5-16(15)21-11-10-19-9-8-14(18-19)12-17-13-6-7-13/h2-5,8-9,13,17H,6-7,10-12H2,1H3. The highest BCUT2D eigenvalue weighted by atomic mass is 16.5. The molecule has 112 valence electrons. The van der Waals surface area contributed by atoms with E-state index in [4.69, 9.17) is 9.47 Å². The number of rotatable bonds is 8. The lowest BCUT2D eigenvalue weighted by molar-refractivity contribution is 0.274. The Hall–Kier alpha value is -2.01. The molecule has 0 aliphatic heterocycles. The number of para-hydroxylation sites is 2. The fraction of sp³-hybridized carbons (Fsp3) is 0.438. The van der Waals surface area contributed by atoms with E-state index in [-0.39, 0.29) is 0 Å². The van der Waals surface area contributed by atoms with Crippen molar-refractivity contribution in [3.63, 3.8) is 0 Å². The number of nitrogens with one attached hydrogen (secondary N) is 1. The van der Waals surface area contributed by atoms with Gasteiger partial charge in [0.05, 0.1) is 19.3 Å². The molecule has 0 spiro atoms. The van der Waals surface area contributed by atoms with Crippen molar-refractivity contribution in [2.45, 2.75) is 32.0 Å². The van der Waals surface area contributed by atoms with Gasteiger partial charge in [-0.1, -0.05) is 12.1 Å². The fourth-order valence-electron chi connectivity index (χ4n) is 2.15. The highest BCUT2D eigenvalue weighted by molar-refractivity contribution is 5.39. The van der Waals surface area contributed by atoms with E-state index in [1.54, 1.807) is 7.11 Å². The number of aromatic nitrogens is 2. The molecular formula is C16H21N3O2. The molecule has 5 nitrogen and oxygen atoms in total. The van der Waals surface area contributed by atoms with Crippen LogP contribution in [0.15, 0.2) is 36.5 Å². The van der Waals surface area contributed by atoms with Gasteiger partial charge in [0.25, 0.3) is 0 Å². The molecule has 0 amide bonds. The summed E-state index contributed by atoms with van der Waals surface area (Å²) in [7, 11) is 1.65. The van der Waals surface area contributed by atoms with Crippen LogP contribution in [0, 0.1) is 0 Å². The van der Waals surface area contributed by atoms with Crippen molar-refractivity contribution in [3.05, 3.63) is 42.2 Å². The molecule has 1 fully saturated rings. The first-order valence-electron chi connectivity index (χ1n) is 7.36. The number of benzene rings is 1. The van der Waals surface area contributed by atoms with E-state index >= 15 is 0 Å². The summed E-state index contributed by atoms with van der Waals surface area (Å²) in [6.07, 6.45) is 4.59. The van der Waals surface area contributed by atoms with Gasteiger partial charge in [-0.15, -0.1) is 0 Å². The zero-order valence-corrected chi connectivity index (χ0v) is 12.3. The summed E-state index contributed by atoms with van der Waals surface area (Å²) in [6, 6.07) is 10.4. The Bertz CT molecular complexity index is 578. The largest absolute Gasteiger partial charge is 0.493 e. The summed E-state index contributed by atoms with van der Waals surface area (Å²) < 4.78 is 12.9. The molecule has 0 saturated heterocycles. The first-order valence-corrected chi connectivity index (χ1v) is 7.36. The second-order valence-electron chi connectivity index (χ2n) is 5.22. The molecule has 21 heavy (non-hydrogen) atoms. The lowest BCUT2D eigenvalue weighted by Crippen LogP contribution is -2.16. The van der Waals surface area contributed by atoms with Gasteiger partial charge < -0.3 is 14.8 Å². The zero-order valence-electron chi connectivity index (χ0n) is 12.3. The Balaban J connectivity index is 1.46. The van der Waals surface area contributed by atoms with Crippen molar-refractivity contribution in [1.82, 2.24) is 15.1 Å². The van der Waals surface area contributed by atoms with Crippen LogP contribution in [-0.4, -0.2) is 29.5 Å². The molecular weight excluding hydrogens is 266 g/mol. The molecule has 1 aromatic carbocycles. The van der Waals surface area contributed by atoms with Crippen LogP contribution in [-0.2, 0) is 13.1 Å². The van der Waals surface area contributed by atoms with Crippen LogP contribution >= 0.6 is 0 Å². The predicted molar refractivity (Wildman–Crippen MR) is 80.6 cm³/mol. The van der Waals surface area contributed by atoms with Crippen LogP contribution < -0.4 is 14.8 Å². The Labute approximate surface area is 124 Å². The minimum absolute atomic E-state index is 0.567. The van der Waals surface area contributed by atoms with E-state index < -0.39 is 0 Å². The minimum Gasteiger partial charge on any atom is -0.493 e. The average molecular weight is 287 g/mol. The maximum absolute atomic E-state index is 5.75. The van der Waals surface area contributed by atoms with Crippen molar-refractivity contribution in [1.29, 1.82) is 0 Å². The van der Waals surface area contributed by atoms with E-state index in [0.29, 0.717) is 12.6 Å². The van der Waals surface area contributed by atoms with Crippen molar-refractivity contribution < 1.29 is 9.47 Å². The van der Waals surface area contributed by atoms with E-state index in [1.165, 1.54) is 12.8 Å². The van der Waals surface area contributed by atoms with E-state index in [2.05, 4.69) is 16.5 Å². The summed E-state index contributed by atoms with van der Waals surface area (Å²) in [4.78, 5) is 0. The summed E-state index contributed by atoms with van der Waals surface area (Å²) >= 11 is 0. The smallest absolute Gasteiger partial charge is 0.161 e. The molecule has 1 aromatic heterocycles. The average Bonchev–Trinajstić information content (AvgIpc) is 3.24. The van der Waals surface area contributed by atoms with Crippen LogP contribution in [0.4, 0.5) is 0 Å². The van der Waals surface area contributed by atoms with Gasteiger partial charge >= 0.3 is 0 Å². The Kier molecular flexibility index (Phi) is 4.40. The van der Waals surface area contributed by atoms with Gasteiger partial charge in [-0.25, -0.2) is 0 Å². The van der Waals surface area contributed by atoms with Crippen LogP contribution in [0.2, 0.25) is 0 Å². The summed E-state index contributed by atoms with van der Waals surface area (Å²) in [5.41, 5.74) is 1.08. The van der Waals surface area contributed by atoms with Crippen molar-refractivity contribution in [3.8, 4) is 11.5 Å². The maximum atomic E-state index is 5.75. The van der Waals surface area contributed by atoms with E-state index in [1.807, 2.05) is 35.1 Å². The molecule has 2 aromatic rings. The van der Waals surface area contributed by atoms with Gasteiger partial charge in [-0.3, -0.25) is 4.68 Å². The minimum atomic E-state index is 0.567. The molecule has 1 aliphatic rings. The summed E-state index contributed by atoms with van der Waals surface area (Å²) in [6.45, 7) is 2.14. The van der Waals surface area contributed by atoms with Gasteiger partial charge in [0.2, 0.25) is 0 Å². The lowest BCUT2D eigenvalue weighted by atomic mass is 10.3. The first kappa shape index (κ1) is 13.9. The van der Waals surface area contributed by atoms with Gasteiger partial charge in [0, 0.05) is 18.8 Å². The molecule has 1 saturated carbocycles. The second-order valence-corrected chi connectivity index (χ2v) is 5.22. The highest BCUT2D eigenvalue weighted by Gasteiger charge is 2.20. The quantitative estimate of drug-likeness (QED) is 0.809. The monoisotopic (exact) mass is 287 g/mol. The Morgan fingerprint density at radius 2 is 2.05 bits per heavy atom. The van der Waals surface area contributed by atoms with Crippen molar-refractivity contribution in [2.24, 2.45) is 0 Å². The van der Waals surface area contributed by atoms with Crippen molar-refractivity contribution >= 4 is 0 Å². The van der Waals surface area contributed by atoms with E-state index in [9.17, 15) is 0 Å². The van der Waals surface area contributed by atoms with E-state index in [0.717, 1.165) is 30.3 Å². The number of hydrogen-bond acceptors (Lipinski definition) is 4. The third kappa shape index (κ3) is 3.98. The Morgan fingerprint density at radius 1 is 1.24 bits per heavy atom.